The number of allylic oxidation sites excluding steroid dienone is 1. The predicted octanol–water partition coefficient (Wildman–Crippen LogP) is 1.10. The third kappa shape index (κ3) is 1.94. The maximum absolute atomic E-state index is 11.2. The van der Waals surface area contributed by atoms with E-state index < -0.39 is 0 Å². The highest BCUT2D eigenvalue weighted by atomic mass is 16.2. The van der Waals surface area contributed by atoms with Gasteiger partial charge in [0.15, 0.2) is 0 Å². The molecule has 1 aliphatic heterocycles. The Balaban J connectivity index is 2.57. The number of hydrogen-bond donors (Lipinski definition) is 0. The summed E-state index contributed by atoms with van der Waals surface area (Å²) in [6.07, 6.45) is 5.41. The summed E-state index contributed by atoms with van der Waals surface area (Å²) in [7, 11) is 0. The summed E-state index contributed by atoms with van der Waals surface area (Å²) in [5.41, 5.74) is 0. The summed E-state index contributed by atoms with van der Waals surface area (Å²) in [6, 6.07) is 0. The molecule has 1 fully saturated rings. The normalized spacial score (nSPS) is 19.2. The van der Waals surface area contributed by atoms with Crippen molar-refractivity contribution in [2.75, 3.05) is 6.54 Å². The van der Waals surface area contributed by atoms with Crippen LogP contribution in [0.15, 0.2) is 12.2 Å². The Hall–Kier alpha value is -1.12. The Labute approximate surface area is 72.0 Å². The van der Waals surface area contributed by atoms with Crippen LogP contribution in [0.1, 0.15) is 26.2 Å². The number of rotatable bonds is 2. The lowest BCUT2D eigenvalue weighted by atomic mass is 10.1. The van der Waals surface area contributed by atoms with E-state index in [1.165, 1.54) is 4.90 Å². The Morgan fingerprint density at radius 1 is 1.33 bits per heavy atom. The fourth-order valence-corrected chi connectivity index (χ4v) is 1.21. The standard InChI is InChI=1S/C9H13NO2/c1-2-3-7-10-8(11)5-4-6-9(10)12/h2-3H,4-7H2,1H3. The van der Waals surface area contributed by atoms with Gasteiger partial charge in [-0.05, 0) is 13.3 Å². The molecule has 0 saturated carbocycles. The zero-order valence-corrected chi connectivity index (χ0v) is 7.25. The van der Waals surface area contributed by atoms with Crippen molar-refractivity contribution in [2.45, 2.75) is 26.2 Å². The van der Waals surface area contributed by atoms with Gasteiger partial charge in [-0.3, -0.25) is 14.5 Å². The van der Waals surface area contributed by atoms with Gasteiger partial charge in [-0.15, -0.1) is 0 Å². The molecule has 1 heterocycles. The van der Waals surface area contributed by atoms with E-state index in [-0.39, 0.29) is 11.8 Å². The second-order valence-electron chi connectivity index (χ2n) is 2.82. The number of carbonyl (C=O) groups excluding carboxylic acids is 2. The largest absolute Gasteiger partial charge is 0.279 e. The average Bonchev–Trinajstić information content (AvgIpc) is 2.04. The van der Waals surface area contributed by atoms with Crippen LogP contribution < -0.4 is 0 Å². The van der Waals surface area contributed by atoms with Crippen LogP contribution in [0.25, 0.3) is 0 Å². The first-order chi connectivity index (χ1) is 5.75. The van der Waals surface area contributed by atoms with Gasteiger partial charge in [0, 0.05) is 19.4 Å². The number of hydrogen-bond acceptors (Lipinski definition) is 2. The molecule has 0 spiro atoms. The number of carbonyl (C=O) groups is 2. The monoisotopic (exact) mass is 167 g/mol. The van der Waals surface area contributed by atoms with Crippen molar-refractivity contribution in [3.05, 3.63) is 12.2 Å². The van der Waals surface area contributed by atoms with Gasteiger partial charge < -0.3 is 0 Å². The molecule has 12 heavy (non-hydrogen) atoms. The second kappa shape index (κ2) is 4.04. The molecule has 66 valence electrons. The zero-order chi connectivity index (χ0) is 8.97. The van der Waals surface area contributed by atoms with E-state index in [9.17, 15) is 9.59 Å². The SMILES string of the molecule is CC=CCN1C(=O)CCCC1=O. The molecule has 0 aromatic heterocycles. The highest BCUT2D eigenvalue weighted by Crippen LogP contribution is 2.11. The van der Waals surface area contributed by atoms with E-state index in [2.05, 4.69) is 0 Å². The van der Waals surface area contributed by atoms with Gasteiger partial charge in [0.2, 0.25) is 11.8 Å². The van der Waals surface area contributed by atoms with Gasteiger partial charge >= 0.3 is 0 Å². The van der Waals surface area contributed by atoms with Crippen LogP contribution in [0.2, 0.25) is 0 Å². The topological polar surface area (TPSA) is 37.4 Å². The summed E-state index contributed by atoms with van der Waals surface area (Å²) in [5.74, 6) is -0.0753. The fraction of sp³-hybridized carbons (Fsp3) is 0.556. The number of likely N-dealkylation sites (tertiary alicyclic amines) is 1. The Bertz CT molecular complexity index is 205. The fourth-order valence-electron chi connectivity index (χ4n) is 1.21. The lowest BCUT2D eigenvalue weighted by Gasteiger charge is -2.23. The molecule has 1 saturated heterocycles. The first kappa shape index (κ1) is 8.97. The van der Waals surface area contributed by atoms with Crippen LogP contribution in [-0.2, 0) is 9.59 Å². The number of piperidine rings is 1. The molecule has 0 aliphatic carbocycles. The molecular weight excluding hydrogens is 154 g/mol. The van der Waals surface area contributed by atoms with Gasteiger partial charge in [-0.1, -0.05) is 12.2 Å². The Morgan fingerprint density at radius 2 is 1.92 bits per heavy atom. The molecule has 0 aromatic rings. The molecule has 0 unspecified atom stereocenters. The van der Waals surface area contributed by atoms with Crippen LogP contribution in [0.3, 0.4) is 0 Å². The van der Waals surface area contributed by atoms with Crippen molar-refractivity contribution >= 4 is 11.8 Å². The molecule has 0 bridgehead atoms. The molecule has 1 rings (SSSR count). The van der Waals surface area contributed by atoms with Crippen LogP contribution in [0, 0.1) is 0 Å². The van der Waals surface area contributed by atoms with Gasteiger partial charge in [-0.2, -0.15) is 0 Å². The third-order valence-electron chi connectivity index (χ3n) is 1.91. The minimum atomic E-state index is -0.0376. The van der Waals surface area contributed by atoms with Gasteiger partial charge in [0.25, 0.3) is 0 Å². The second-order valence-corrected chi connectivity index (χ2v) is 2.82. The summed E-state index contributed by atoms with van der Waals surface area (Å²) >= 11 is 0. The van der Waals surface area contributed by atoms with E-state index in [1.54, 1.807) is 0 Å². The van der Waals surface area contributed by atoms with Crippen LogP contribution in [0.5, 0.6) is 0 Å². The summed E-state index contributed by atoms with van der Waals surface area (Å²) in [4.78, 5) is 23.7. The maximum atomic E-state index is 11.2. The highest BCUT2D eigenvalue weighted by molar-refractivity contribution is 5.97. The van der Waals surface area contributed by atoms with Gasteiger partial charge in [0.1, 0.15) is 0 Å². The van der Waals surface area contributed by atoms with Crippen molar-refractivity contribution < 1.29 is 9.59 Å². The molecule has 0 N–H and O–H groups in total. The summed E-state index contributed by atoms with van der Waals surface area (Å²) in [6.45, 7) is 2.31. The van der Waals surface area contributed by atoms with E-state index in [0.717, 1.165) is 0 Å². The molecule has 0 radical (unpaired) electrons. The van der Waals surface area contributed by atoms with Gasteiger partial charge in [-0.25, -0.2) is 0 Å². The smallest absolute Gasteiger partial charge is 0.229 e. The first-order valence-electron chi connectivity index (χ1n) is 4.20. The van der Waals surface area contributed by atoms with Crippen molar-refractivity contribution in [1.29, 1.82) is 0 Å². The number of amides is 2. The van der Waals surface area contributed by atoms with Crippen molar-refractivity contribution in [3.63, 3.8) is 0 Å². The van der Waals surface area contributed by atoms with Crippen LogP contribution in [0.4, 0.5) is 0 Å². The molecule has 0 atom stereocenters. The van der Waals surface area contributed by atoms with E-state index >= 15 is 0 Å². The lowest BCUT2D eigenvalue weighted by molar-refractivity contribution is -0.147. The van der Waals surface area contributed by atoms with Crippen molar-refractivity contribution in [3.8, 4) is 0 Å². The minimum absolute atomic E-state index is 0.0376. The Kier molecular flexibility index (Phi) is 3.02. The quantitative estimate of drug-likeness (QED) is 0.456. The predicted molar refractivity (Wildman–Crippen MR) is 45.4 cm³/mol. The highest BCUT2D eigenvalue weighted by Gasteiger charge is 2.24. The molecule has 2 amide bonds. The summed E-state index contributed by atoms with van der Waals surface area (Å²) < 4.78 is 0. The molecule has 1 aliphatic rings. The molecule has 3 nitrogen and oxygen atoms in total. The average molecular weight is 167 g/mol. The minimum Gasteiger partial charge on any atom is -0.279 e. The van der Waals surface area contributed by atoms with Gasteiger partial charge in [0.05, 0.1) is 0 Å². The maximum Gasteiger partial charge on any atom is 0.229 e. The Morgan fingerprint density at radius 3 is 2.42 bits per heavy atom. The summed E-state index contributed by atoms with van der Waals surface area (Å²) in [5, 5.41) is 0. The molecule has 3 heteroatoms. The molecular formula is C9H13NO2. The van der Waals surface area contributed by atoms with E-state index in [0.29, 0.717) is 25.8 Å². The van der Waals surface area contributed by atoms with Crippen LogP contribution >= 0.6 is 0 Å². The first-order valence-corrected chi connectivity index (χ1v) is 4.20. The molecule has 0 aromatic carbocycles. The van der Waals surface area contributed by atoms with Crippen molar-refractivity contribution in [2.24, 2.45) is 0 Å². The lowest BCUT2D eigenvalue weighted by Crippen LogP contribution is -2.39. The van der Waals surface area contributed by atoms with Crippen LogP contribution in [-0.4, -0.2) is 23.3 Å². The number of nitrogens with zero attached hydrogens (tertiary/aromatic N) is 1. The third-order valence-corrected chi connectivity index (χ3v) is 1.91. The number of imide groups is 1. The van der Waals surface area contributed by atoms with E-state index in [1.807, 2.05) is 19.1 Å². The zero-order valence-electron chi connectivity index (χ0n) is 7.25. The van der Waals surface area contributed by atoms with E-state index in [4.69, 9.17) is 0 Å². The van der Waals surface area contributed by atoms with Crippen molar-refractivity contribution in [1.82, 2.24) is 4.90 Å².